The molecule has 0 radical (unpaired) electrons. The van der Waals surface area contributed by atoms with Crippen LogP contribution in [0.4, 0.5) is 9.18 Å². The zero-order chi connectivity index (χ0) is 11.8. The molecule has 1 aromatic carbocycles. The van der Waals surface area contributed by atoms with Gasteiger partial charge in [-0.15, -0.1) is 0 Å². The number of nitrogens with one attached hydrogen (secondary N) is 2. The molecule has 0 aliphatic carbocycles. The molecule has 0 aliphatic heterocycles. The number of hydrogen-bond acceptors (Lipinski definition) is 2. The highest BCUT2D eigenvalue weighted by molar-refractivity contribution is 5.73. The molecule has 5 heteroatoms. The molecule has 0 unspecified atom stereocenters. The second-order valence-electron chi connectivity index (χ2n) is 3.38. The number of benzene rings is 1. The molecule has 0 heterocycles. The Labute approximate surface area is 94.0 Å². The third kappa shape index (κ3) is 4.75. The third-order valence-electron chi connectivity index (χ3n) is 2.01. The first-order valence-electron chi connectivity index (χ1n) is 5.18. The predicted molar refractivity (Wildman–Crippen MR) is 60.3 cm³/mol. The zero-order valence-corrected chi connectivity index (χ0v) is 9.00. The van der Waals surface area contributed by atoms with Gasteiger partial charge < -0.3 is 16.4 Å². The van der Waals surface area contributed by atoms with Crippen LogP contribution in [-0.4, -0.2) is 19.1 Å². The van der Waals surface area contributed by atoms with Gasteiger partial charge in [-0.05, 0) is 30.7 Å². The van der Waals surface area contributed by atoms with Crippen molar-refractivity contribution in [3.05, 3.63) is 35.6 Å². The largest absolute Gasteiger partial charge is 0.338 e. The topological polar surface area (TPSA) is 67.1 Å². The maximum absolute atomic E-state index is 12.8. The number of nitrogens with two attached hydrogens (primary N) is 1. The van der Waals surface area contributed by atoms with Crippen molar-refractivity contribution in [3.8, 4) is 0 Å². The van der Waals surface area contributed by atoms with Crippen molar-refractivity contribution in [1.29, 1.82) is 0 Å². The minimum Gasteiger partial charge on any atom is -0.338 e. The first-order chi connectivity index (χ1) is 7.72. The summed E-state index contributed by atoms with van der Waals surface area (Å²) in [6.45, 7) is 1.40. The Bertz CT molecular complexity index is 344. The van der Waals surface area contributed by atoms with E-state index in [9.17, 15) is 9.18 Å². The van der Waals surface area contributed by atoms with Gasteiger partial charge in [0.2, 0.25) is 0 Å². The molecular weight excluding hydrogens is 209 g/mol. The maximum Gasteiger partial charge on any atom is 0.315 e. The van der Waals surface area contributed by atoms with Gasteiger partial charge in [0, 0.05) is 13.1 Å². The summed E-state index contributed by atoms with van der Waals surface area (Å²) < 4.78 is 12.8. The lowest BCUT2D eigenvalue weighted by molar-refractivity contribution is 0.240. The van der Waals surface area contributed by atoms with Crippen LogP contribution in [0.3, 0.4) is 0 Å². The molecular formula is C11H16FN3O. The number of carbonyl (C=O) groups is 1. The predicted octanol–water partition coefficient (Wildman–Crippen LogP) is 0.974. The lowest BCUT2D eigenvalue weighted by Gasteiger charge is -2.07. The first-order valence-corrected chi connectivity index (χ1v) is 5.18. The molecule has 88 valence electrons. The molecule has 0 spiro atoms. The monoisotopic (exact) mass is 225 g/mol. The van der Waals surface area contributed by atoms with Crippen molar-refractivity contribution in [3.63, 3.8) is 0 Å². The summed E-state index contributed by atoms with van der Waals surface area (Å²) in [5.41, 5.74) is 6.01. The SMILES string of the molecule is NCCCNC(=O)NCc1cccc(F)c1. The molecule has 4 nitrogen and oxygen atoms in total. The van der Waals surface area contributed by atoms with Crippen molar-refractivity contribution in [2.24, 2.45) is 5.73 Å². The highest BCUT2D eigenvalue weighted by Gasteiger charge is 1.99. The number of rotatable bonds is 5. The van der Waals surface area contributed by atoms with Gasteiger partial charge >= 0.3 is 6.03 Å². The summed E-state index contributed by atoms with van der Waals surface area (Å²) in [7, 11) is 0. The normalized spacial score (nSPS) is 9.88. The number of urea groups is 1. The van der Waals surface area contributed by atoms with Crippen molar-refractivity contribution < 1.29 is 9.18 Å². The molecule has 16 heavy (non-hydrogen) atoms. The van der Waals surface area contributed by atoms with Crippen LogP contribution in [0.15, 0.2) is 24.3 Å². The van der Waals surface area contributed by atoms with Crippen LogP contribution in [0.1, 0.15) is 12.0 Å². The summed E-state index contributed by atoms with van der Waals surface area (Å²) in [5, 5.41) is 5.27. The van der Waals surface area contributed by atoms with Crippen molar-refractivity contribution in [2.75, 3.05) is 13.1 Å². The van der Waals surface area contributed by atoms with E-state index < -0.39 is 0 Å². The van der Waals surface area contributed by atoms with E-state index in [0.29, 0.717) is 19.6 Å². The lowest BCUT2D eigenvalue weighted by Crippen LogP contribution is -2.36. The van der Waals surface area contributed by atoms with Crippen LogP contribution < -0.4 is 16.4 Å². The molecule has 0 saturated carbocycles. The number of carbonyl (C=O) groups excluding carboxylic acids is 1. The highest BCUT2D eigenvalue weighted by Crippen LogP contribution is 2.02. The van der Waals surface area contributed by atoms with Crippen LogP contribution in [-0.2, 0) is 6.54 Å². The Morgan fingerprint density at radius 2 is 2.19 bits per heavy atom. The van der Waals surface area contributed by atoms with Gasteiger partial charge in [0.05, 0.1) is 0 Å². The number of halogens is 1. The number of hydrogen-bond donors (Lipinski definition) is 3. The lowest BCUT2D eigenvalue weighted by atomic mass is 10.2. The molecule has 0 bridgehead atoms. The van der Waals surface area contributed by atoms with Crippen LogP contribution >= 0.6 is 0 Å². The maximum atomic E-state index is 12.8. The van der Waals surface area contributed by atoms with Crippen LogP contribution in [0.2, 0.25) is 0 Å². The smallest absolute Gasteiger partial charge is 0.315 e. The van der Waals surface area contributed by atoms with Gasteiger partial charge in [-0.25, -0.2) is 9.18 Å². The first kappa shape index (κ1) is 12.4. The van der Waals surface area contributed by atoms with E-state index in [-0.39, 0.29) is 11.8 Å². The van der Waals surface area contributed by atoms with E-state index in [2.05, 4.69) is 10.6 Å². The number of amides is 2. The van der Waals surface area contributed by atoms with E-state index in [1.165, 1.54) is 12.1 Å². The molecule has 1 aromatic rings. The van der Waals surface area contributed by atoms with Gasteiger partial charge in [0.15, 0.2) is 0 Å². The molecule has 1 rings (SSSR count). The molecule has 0 aromatic heterocycles. The van der Waals surface area contributed by atoms with E-state index in [4.69, 9.17) is 5.73 Å². The third-order valence-corrected chi connectivity index (χ3v) is 2.01. The van der Waals surface area contributed by atoms with Gasteiger partial charge in [-0.3, -0.25) is 0 Å². The fourth-order valence-electron chi connectivity index (χ4n) is 1.20. The van der Waals surface area contributed by atoms with E-state index >= 15 is 0 Å². The highest BCUT2D eigenvalue weighted by atomic mass is 19.1. The average Bonchev–Trinajstić information content (AvgIpc) is 2.27. The second-order valence-corrected chi connectivity index (χ2v) is 3.38. The Morgan fingerprint density at radius 1 is 1.38 bits per heavy atom. The molecule has 0 atom stereocenters. The van der Waals surface area contributed by atoms with Crippen molar-refractivity contribution in [2.45, 2.75) is 13.0 Å². The minimum absolute atomic E-state index is 0.266. The summed E-state index contributed by atoms with van der Waals surface area (Å²) in [6.07, 6.45) is 0.743. The molecule has 4 N–H and O–H groups in total. The Hall–Kier alpha value is -1.62. The quantitative estimate of drug-likeness (QED) is 0.654. The minimum atomic E-state index is -0.303. The van der Waals surface area contributed by atoms with Crippen molar-refractivity contribution in [1.82, 2.24) is 10.6 Å². The molecule has 2 amide bonds. The summed E-state index contributed by atoms with van der Waals surface area (Å²) in [6, 6.07) is 5.85. The van der Waals surface area contributed by atoms with Gasteiger partial charge in [-0.1, -0.05) is 12.1 Å². The molecule has 0 fully saturated rings. The fraction of sp³-hybridized carbons (Fsp3) is 0.364. The Morgan fingerprint density at radius 3 is 2.88 bits per heavy atom. The second kappa shape index (κ2) is 6.79. The van der Waals surface area contributed by atoms with E-state index in [1.807, 2.05) is 0 Å². The summed E-state index contributed by atoms with van der Waals surface area (Å²) in [4.78, 5) is 11.2. The fourth-order valence-corrected chi connectivity index (χ4v) is 1.20. The summed E-state index contributed by atoms with van der Waals surface area (Å²) in [5.74, 6) is -0.303. The zero-order valence-electron chi connectivity index (χ0n) is 9.00. The molecule has 0 aliphatic rings. The van der Waals surface area contributed by atoms with Crippen LogP contribution in [0.5, 0.6) is 0 Å². The van der Waals surface area contributed by atoms with Gasteiger partial charge in [0.1, 0.15) is 5.82 Å². The Balaban J connectivity index is 2.26. The Kier molecular flexibility index (Phi) is 5.28. The van der Waals surface area contributed by atoms with Crippen LogP contribution in [0.25, 0.3) is 0 Å². The standard InChI is InChI=1S/C11H16FN3O/c12-10-4-1-3-9(7-10)8-15-11(16)14-6-2-5-13/h1,3-4,7H,2,5-6,8,13H2,(H2,14,15,16). The van der Waals surface area contributed by atoms with Crippen molar-refractivity contribution >= 4 is 6.03 Å². The van der Waals surface area contributed by atoms with E-state index in [0.717, 1.165) is 12.0 Å². The van der Waals surface area contributed by atoms with E-state index in [1.54, 1.807) is 12.1 Å². The summed E-state index contributed by atoms with van der Waals surface area (Å²) >= 11 is 0. The molecule has 0 saturated heterocycles. The average molecular weight is 225 g/mol. The van der Waals surface area contributed by atoms with Gasteiger partial charge in [-0.2, -0.15) is 0 Å². The van der Waals surface area contributed by atoms with Crippen LogP contribution in [0, 0.1) is 5.82 Å². The van der Waals surface area contributed by atoms with Gasteiger partial charge in [0.25, 0.3) is 0 Å².